The summed E-state index contributed by atoms with van der Waals surface area (Å²) in [5.41, 5.74) is 1.12. The SMILES string of the molecule is C(=Cc1nnc[nH]1)c1cc[nH]c1. The molecule has 0 radical (unpaired) electrons. The molecule has 0 atom stereocenters. The smallest absolute Gasteiger partial charge is 0.153 e. The molecule has 0 aliphatic rings. The fourth-order valence-electron chi connectivity index (χ4n) is 0.912. The third-order valence-electron chi connectivity index (χ3n) is 1.49. The highest BCUT2D eigenvalue weighted by Gasteiger charge is 1.88. The molecule has 0 unspecified atom stereocenters. The van der Waals surface area contributed by atoms with Gasteiger partial charge in [-0.05, 0) is 23.8 Å². The van der Waals surface area contributed by atoms with Gasteiger partial charge in [-0.2, -0.15) is 0 Å². The lowest BCUT2D eigenvalue weighted by molar-refractivity contribution is 1.08. The van der Waals surface area contributed by atoms with Crippen molar-refractivity contribution in [3.63, 3.8) is 0 Å². The molecule has 2 N–H and O–H groups in total. The molecule has 0 fully saturated rings. The summed E-state index contributed by atoms with van der Waals surface area (Å²) in [4.78, 5) is 5.84. The van der Waals surface area contributed by atoms with Crippen LogP contribution in [-0.4, -0.2) is 20.2 Å². The van der Waals surface area contributed by atoms with Gasteiger partial charge in [-0.15, -0.1) is 10.2 Å². The van der Waals surface area contributed by atoms with E-state index in [1.54, 1.807) is 6.33 Å². The van der Waals surface area contributed by atoms with Crippen LogP contribution in [0.5, 0.6) is 0 Å². The third kappa shape index (κ3) is 1.42. The van der Waals surface area contributed by atoms with Crippen LogP contribution in [0, 0.1) is 0 Å². The second-order valence-corrected chi connectivity index (χ2v) is 2.35. The van der Waals surface area contributed by atoms with Gasteiger partial charge in [-0.1, -0.05) is 0 Å². The zero-order chi connectivity index (χ0) is 8.23. The van der Waals surface area contributed by atoms with E-state index >= 15 is 0 Å². The molecule has 0 amide bonds. The van der Waals surface area contributed by atoms with E-state index in [-0.39, 0.29) is 0 Å². The number of nitrogens with one attached hydrogen (secondary N) is 2. The van der Waals surface area contributed by atoms with Crippen LogP contribution in [0.15, 0.2) is 24.8 Å². The van der Waals surface area contributed by atoms with Gasteiger partial charge in [0.1, 0.15) is 6.33 Å². The van der Waals surface area contributed by atoms with E-state index < -0.39 is 0 Å². The van der Waals surface area contributed by atoms with Crippen LogP contribution in [0.4, 0.5) is 0 Å². The van der Waals surface area contributed by atoms with Crippen molar-refractivity contribution in [3.8, 4) is 0 Å². The van der Waals surface area contributed by atoms with Gasteiger partial charge >= 0.3 is 0 Å². The summed E-state index contributed by atoms with van der Waals surface area (Å²) < 4.78 is 0. The summed E-state index contributed by atoms with van der Waals surface area (Å²) >= 11 is 0. The summed E-state index contributed by atoms with van der Waals surface area (Å²) in [6.07, 6.45) is 9.16. The molecule has 2 rings (SSSR count). The first kappa shape index (κ1) is 6.84. The number of aromatic nitrogens is 4. The van der Waals surface area contributed by atoms with E-state index in [0.717, 1.165) is 11.4 Å². The van der Waals surface area contributed by atoms with Gasteiger partial charge in [0, 0.05) is 12.4 Å². The topological polar surface area (TPSA) is 57.4 Å². The Morgan fingerprint density at radius 1 is 1.33 bits per heavy atom. The molecule has 0 spiro atoms. The van der Waals surface area contributed by atoms with Crippen LogP contribution in [0.25, 0.3) is 12.2 Å². The van der Waals surface area contributed by atoms with Gasteiger partial charge in [-0.3, -0.25) is 0 Å². The highest BCUT2D eigenvalue weighted by molar-refractivity contribution is 5.65. The van der Waals surface area contributed by atoms with Crippen LogP contribution in [0.1, 0.15) is 11.4 Å². The van der Waals surface area contributed by atoms with E-state index in [1.165, 1.54) is 0 Å². The summed E-state index contributed by atoms with van der Waals surface area (Å²) in [5.74, 6) is 0.760. The highest BCUT2D eigenvalue weighted by Crippen LogP contribution is 2.01. The molecule has 2 heterocycles. The standard InChI is InChI=1S/C8H8N4/c1(7-3-4-9-5-7)2-8-10-6-11-12-8/h1-6,9H,(H,10,11,12). The van der Waals surface area contributed by atoms with E-state index in [9.17, 15) is 0 Å². The molecule has 0 aliphatic carbocycles. The monoisotopic (exact) mass is 160 g/mol. The molecule has 0 saturated heterocycles. The van der Waals surface area contributed by atoms with E-state index in [2.05, 4.69) is 20.2 Å². The first-order valence-electron chi connectivity index (χ1n) is 3.62. The molecule has 2 aromatic rings. The Hall–Kier alpha value is -1.84. The summed E-state index contributed by atoms with van der Waals surface area (Å²) in [6.45, 7) is 0. The number of rotatable bonds is 2. The number of nitrogens with zero attached hydrogens (tertiary/aromatic N) is 2. The Morgan fingerprint density at radius 2 is 2.33 bits per heavy atom. The second-order valence-electron chi connectivity index (χ2n) is 2.35. The summed E-state index contributed by atoms with van der Waals surface area (Å²) in [7, 11) is 0. The largest absolute Gasteiger partial charge is 0.367 e. The maximum atomic E-state index is 3.81. The first-order valence-corrected chi connectivity index (χ1v) is 3.62. The van der Waals surface area contributed by atoms with Crippen molar-refractivity contribution in [1.82, 2.24) is 20.2 Å². The molecule has 12 heavy (non-hydrogen) atoms. The number of hydrogen-bond acceptors (Lipinski definition) is 2. The maximum Gasteiger partial charge on any atom is 0.153 e. The molecule has 2 aromatic heterocycles. The molecule has 0 aliphatic heterocycles. The van der Waals surface area contributed by atoms with Crippen LogP contribution >= 0.6 is 0 Å². The van der Waals surface area contributed by atoms with Crippen molar-refractivity contribution in [2.24, 2.45) is 0 Å². The molecule has 0 aromatic carbocycles. The Balaban J connectivity index is 2.14. The third-order valence-corrected chi connectivity index (χ3v) is 1.49. The zero-order valence-corrected chi connectivity index (χ0v) is 6.36. The van der Waals surface area contributed by atoms with Gasteiger partial charge in [0.15, 0.2) is 5.82 Å². The van der Waals surface area contributed by atoms with E-state index in [4.69, 9.17) is 0 Å². The van der Waals surface area contributed by atoms with Crippen molar-refractivity contribution in [1.29, 1.82) is 0 Å². The number of hydrogen-bond donors (Lipinski definition) is 2. The van der Waals surface area contributed by atoms with Crippen LogP contribution in [0.2, 0.25) is 0 Å². The molecular formula is C8H8N4. The maximum absolute atomic E-state index is 3.81. The fraction of sp³-hybridized carbons (Fsp3) is 0. The van der Waals surface area contributed by atoms with Crippen LogP contribution < -0.4 is 0 Å². The lowest BCUT2D eigenvalue weighted by atomic mass is 10.3. The summed E-state index contributed by atoms with van der Waals surface area (Å²) in [5, 5.41) is 7.47. The Bertz CT molecular complexity index is 308. The normalized spacial score (nSPS) is 11.0. The summed E-state index contributed by atoms with van der Waals surface area (Å²) in [6, 6.07) is 1.98. The molecule has 4 nitrogen and oxygen atoms in total. The van der Waals surface area contributed by atoms with Crippen LogP contribution in [0.3, 0.4) is 0 Å². The minimum Gasteiger partial charge on any atom is -0.367 e. The van der Waals surface area contributed by atoms with Crippen molar-refractivity contribution >= 4 is 12.2 Å². The second kappa shape index (κ2) is 3.04. The van der Waals surface area contributed by atoms with Gasteiger partial charge in [0.25, 0.3) is 0 Å². The van der Waals surface area contributed by atoms with Gasteiger partial charge in [0.05, 0.1) is 0 Å². The fourth-order valence-corrected chi connectivity index (χ4v) is 0.912. The van der Waals surface area contributed by atoms with Crippen molar-refractivity contribution in [3.05, 3.63) is 36.2 Å². The molecule has 60 valence electrons. The van der Waals surface area contributed by atoms with E-state index in [0.29, 0.717) is 0 Å². The lowest BCUT2D eigenvalue weighted by Gasteiger charge is -1.81. The van der Waals surface area contributed by atoms with Gasteiger partial charge < -0.3 is 9.97 Å². The first-order chi connectivity index (χ1) is 5.95. The van der Waals surface area contributed by atoms with Crippen molar-refractivity contribution in [2.75, 3.05) is 0 Å². The van der Waals surface area contributed by atoms with Crippen molar-refractivity contribution < 1.29 is 0 Å². The van der Waals surface area contributed by atoms with Crippen molar-refractivity contribution in [2.45, 2.75) is 0 Å². The predicted molar refractivity (Wildman–Crippen MR) is 46.1 cm³/mol. The average Bonchev–Trinajstić information content (AvgIpc) is 2.74. The quantitative estimate of drug-likeness (QED) is 0.695. The van der Waals surface area contributed by atoms with E-state index in [1.807, 2.05) is 30.6 Å². The average molecular weight is 160 g/mol. The minimum absolute atomic E-state index is 0.760. The number of H-pyrrole nitrogens is 2. The molecular weight excluding hydrogens is 152 g/mol. The molecule has 0 bridgehead atoms. The van der Waals surface area contributed by atoms with Crippen LogP contribution in [-0.2, 0) is 0 Å². The Kier molecular flexibility index (Phi) is 1.74. The number of aromatic amines is 2. The predicted octanol–water partition coefficient (Wildman–Crippen LogP) is 1.30. The molecule has 0 saturated carbocycles. The Morgan fingerprint density at radius 3 is 3.00 bits per heavy atom. The van der Waals surface area contributed by atoms with Gasteiger partial charge in [-0.25, -0.2) is 0 Å². The lowest BCUT2D eigenvalue weighted by Crippen LogP contribution is -1.73. The van der Waals surface area contributed by atoms with Gasteiger partial charge in [0.2, 0.25) is 0 Å². The minimum atomic E-state index is 0.760. The zero-order valence-electron chi connectivity index (χ0n) is 6.36. The highest BCUT2D eigenvalue weighted by atomic mass is 15.2. The molecule has 4 heteroatoms. The Labute approximate surface area is 69.4 Å².